The molecule has 0 saturated carbocycles. The highest BCUT2D eigenvalue weighted by Crippen LogP contribution is 2.30. The summed E-state index contributed by atoms with van der Waals surface area (Å²) in [6.07, 6.45) is 19.5. The van der Waals surface area contributed by atoms with Crippen LogP contribution in [0.5, 0.6) is 0 Å². The second-order valence-corrected chi connectivity index (χ2v) is 9.53. The number of unbranched alkanes of at least 4 members (excludes halogenated alkanes) is 12. The van der Waals surface area contributed by atoms with Crippen LogP contribution in [0, 0.1) is 0 Å². The lowest BCUT2D eigenvalue weighted by atomic mass is 10.1. The number of nitrogens with zero attached hydrogens (tertiary/aromatic N) is 1. The quantitative estimate of drug-likeness (QED) is 0.196. The Morgan fingerprint density at radius 1 is 0.971 bits per heavy atom. The molecule has 1 saturated heterocycles. The topological polar surface area (TPSA) is 114 Å². The molecule has 1 aromatic rings. The van der Waals surface area contributed by atoms with Crippen LogP contribution in [0.3, 0.4) is 0 Å². The van der Waals surface area contributed by atoms with Gasteiger partial charge in [-0.25, -0.2) is 4.79 Å². The van der Waals surface area contributed by atoms with E-state index in [2.05, 4.69) is 24.1 Å². The molecule has 0 aromatic carbocycles. The van der Waals surface area contributed by atoms with E-state index in [0.717, 1.165) is 25.7 Å². The lowest BCUT2D eigenvalue weighted by molar-refractivity contribution is -0.0749. The van der Waals surface area contributed by atoms with Crippen LogP contribution in [0.2, 0.25) is 0 Å². The highest BCUT2D eigenvalue weighted by atomic mass is 16.6. The van der Waals surface area contributed by atoms with Gasteiger partial charge in [0.1, 0.15) is 18.3 Å². The van der Waals surface area contributed by atoms with Crippen LogP contribution in [-0.2, 0) is 9.47 Å². The Morgan fingerprint density at radius 3 is 2.17 bits per heavy atom. The van der Waals surface area contributed by atoms with Crippen molar-refractivity contribution in [2.45, 2.75) is 121 Å². The van der Waals surface area contributed by atoms with Crippen molar-refractivity contribution in [1.82, 2.24) is 9.55 Å². The van der Waals surface area contributed by atoms with Crippen LogP contribution >= 0.6 is 0 Å². The third kappa shape index (κ3) is 10.8. The number of H-pyrrole nitrogens is 1. The van der Waals surface area contributed by atoms with Crippen LogP contribution in [0.15, 0.2) is 34.0 Å². The van der Waals surface area contributed by atoms with Crippen LogP contribution < -0.4 is 11.2 Å². The number of hydrogen-bond donors (Lipinski definition) is 3. The summed E-state index contributed by atoms with van der Waals surface area (Å²) in [4.78, 5) is 25.6. The molecule has 0 amide bonds. The van der Waals surface area contributed by atoms with Crippen molar-refractivity contribution in [1.29, 1.82) is 0 Å². The van der Waals surface area contributed by atoms with E-state index in [0.29, 0.717) is 6.61 Å². The summed E-state index contributed by atoms with van der Waals surface area (Å²) in [5.41, 5.74) is -1.15. The molecular weight excluding hydrogens is 448 g/mol. The average Bonchev–Trinajstić information content (AvgIpc) is 3.16. The predicted octanol–water partition coefficient (Wildman–Crippen LogP) is 4.21. The molecule has 3 N–H and O–H groups in total. The SMILES string of the molecule is CCCCCCCC/C=C\CCCCCCCCO[C@@H]1[C@H](O)[C@@H](CO)O[C@H]1n1ccc(=O)[nH]c1=O. The molecule has 0 aliphatic carbocycles. The molecule has 2 rings (SSSR count). The zero-order chi connectivity index (χ0) is 25.3. The number of aliphatic hydroxyl groups excluding tert-OH is 2. The molecule has 0 bridgehead atoms. The smallest absolute Gasteiger partial charge is 0.330 e. The van der Waals surface area contributed by atoms with Crippen LogP contribution in [0.1, 0.15) is 103 Å². The molecule has 1 aliphatic heterocycles. The first-order valence-electron chi connectivity index (χ1n) is 13.6. The number of aromatic nitrogens is 2. The van der Waals surface area contributed by atoms with Gasteiger partial charge in [-0.1, -0.05) is 76.9 Å². The number of nitrogens with one attached hydrogen (secondary N) is 1. The van der Waals surface area contributed by atoms with E-state index in [1.807, 2.05) is 0 Å². The van der Waals surface area contributed by atoms with E-state index in [1.54, 1.807) is 0 Å². The van der Waals surface area contributed by atoms with Crippen molar-refractivity contribution in [3.63, 3.8) is 0 Å². The second-order valence-electron chi connectivity index (χ2n) is 9.53. The van der Waals surface area contributed by atoms with Gasteiger partial charge in [0.25, 0.3) is 5.56 Å². The predicted molar refractivity (Wildman–Crippen MR) is 138 cm³/mol. The van der Waals surface area contributed by atoms with Gasteiger partial charge >= 0.3 is 5.69 Å². The number of aromatic amines is 1. The Balaban J connectivity index is 1.55. The second kappa shape index (κ2) is 17.7. The normalized spacial score (nSPS) is 22.4. The first-order chi connectivity index (χ1) is 17.1. The van der Waals surface area contributed by atoms with Gasteiger partial charge in [0.2, 0.25) is 0 Å². The molecule has 8 heteroatoms. The van der Waals surface area contributed by atoms with E-state index < -0.39 is 35.8 Å². The van der Waals surface area contributed by atoms with Crippen LogP contribution in [0.25, 0.3) is 0 Å². The molecule has 0 radical (unpaired) electrons. The highest BCUT2D eigenvalue weighted by Gasteiger charge is 2.45. The van der Waals surface area contributed by atoms with E-state index in [9.17, 15) is 19.8 Å². The molecule has 0 unspecified atom stereocenters. The highest BCUT2D eigenvalue weighted by molar-refractivity contribution is 4.94. The maximum Gasteiger partial charge on any atom is 0.330 e. The van der Waals surface area contributed by atoms with Crippen molar-refractivity contribution in [3.8, 4) is 0 Å². The first kappa shape index (κ1) is 29.5. The molecule has 2 heterocycles. The van der Waals surface area contributed by atoms with E-state index >= 15 is 0 Å². The molecule has 1 aliphatic rings. The fourth-order valence-electron chi connectivity index (χ4n) is 4.47. The number of allylic oxidation sites excluding steroid dienone is 2. The number of ether oxygens (including phenoxy) is 2. The van der Waals surface area contributed by atoms with Crippen LogP contribution in [0.4, 0.5) is 0 Å². The molecule has 4 atom stereocenters. The average molecular weight is 495 g/mol. The zero-order valence-electron chi connectivity index (χ0n) is 21.4. The van der Waals surface area contributed by atoms with Crippen LogP contribution in [-0.4, -0.2) is 51.3 Å². The summed E-state index contributed by atoms with van der Waals surface area (Å²) < 4.78 is 12.7. The monoisotopic (exact) mass is 494 g/mol. The van der Waals surface area contributed by atoms with Gasteiger partial charge in [-0.15, -0.1) is 0 Å². The number of hydrogen-bond acceptors (Lipinski definition) is 6. The van der Waals surface area contributed by atoms with Crippen molar-refractivity contribution in [2.24, 2.45) is 0 Å². The molecule has 200 valence electrons. The third-order valence-corrected chi connectivity index (χ3v) is 6.58. The van der Waals surface area contributed by atoms with Gasteiger partial charge < -0.3 is 19.7 Å². The minimum atomic E-state index is -1.06. The number of rotatable bonds is 19. The molecule has 8 nitrogen and oxygen atoms in total. The lowest BCUT2D eigenvalue weighted by Gasteiger charge is -2.22. The summed E-state index contributed by atoms with van der Waals surface area (Å²) in [5, 5.41) is 19.9. The minimum Gasteiger partial charge on any atom is -0.394 e. The molecular formula is C27H46N2O6. The molecule has 0 spiro atoms. The third-order valence-electron chi connectivity index (χ3n) is 6.58. The summed E-state index contributed by atoms with van der Waals surface area (Å²) in [5.74, 6) is 0. The van der Waals surface area contributed by atoms with Gasteiger partial charge in [0, 0.05) is 18.9 Å². The fraction of sp³-hybridized carbons (Fsp3) is 0.778. The maximum absolute atomic E-state index is 12.1. The largest absolute Gasteiger partial charge is 0.394 e. The Morgan fingerprint density at radius 2 is 1.57 bits per heavy atom. The summed E-state index contributed by atoms with van der Waals surface area (Å²) in [6.45, 7) is 2.30. The van der Waals surface area contributed by atoms with Gasteiger partial charge in [-0.2, -0.15) is 0 Å². The van der Waals surface area contributed by atoms with E-state index in [1.165, 1.54) is 81.0 Å². The van der Waals surface area contributed by atoms with Gasteiger partial charge in [-0.3, -0.25) is 14.3 Å². The van der Waals surface area contributed by atoms with Crippen molar-refractivity contribution < 1.29 is 19.7 Å². The Labute approximate surface area is 209 Å². The lowest BCUT2D eigenvalue weighted by Crippen LogP contribution is -2.39. The summed E-state index contributed by atoms with van der Waals surface area (Å²) in [7, 11) is 0. The van der Waals surface area contributed by atoms with E-state index in [4.69, 9.17) is 9.47 Å². The van der Waals surface area contributed by atoms with Gasteiger partial charge in [0.15, 0.2) is 6.23 Å². The standard InChI is InChI=1S/C27H46N2O6/c1-2-3-4-5-6-7-8-9-10-11-12-13-14-15-16-17-20-34-25-24(32)22(21-30)35-26(25)29-19-18-23(31)28-27(29)33/h9-10,18-19,22,24-26,30,32H,2-8,11-17,20-21H2,1H3,(H,28,31,33)/b10-9-/t22-,24-,25-,26-/m1/s1. The molecule has 35 heavy (non-hydrogen) atoms. The molecule has 1 aromatic heterocycles. The van der Waals surface area contributed by atoms with Crippen molar-refractivity contribution in [3.05, 3.63) is 45.3 Å². The van der Waals surface area contributed by atoms with E-state index in [-0.39, 0.29) is 6.61 Å². The van der Waals surface area contributed by atoms with Gasteiger partial charge in [-0.05, 0) is 32.1 Å². The Kier molecular flexibility index (Phi) is 14.9. The van der Waals surface area contributed by atoms with Crippen molar-refractivity contribution >= 4 is 0 Å². The maximum atomic E-state index is 12.1. The summed E-state index contributed by atoms with van der Waals surface area (Å²) >= 11 is 0. The molecule has 1 fully saturated rings. The first-order valence-corrected chi connectivity index (χ1v) is 13.6. The fourth-order valence-corrected chi connectivity index (χ4v) is 4.47. The Bertz CT molecular complexity index is 820. The van der Waals surface area contributed by atoms with Crippen molar-refractivity contribution in [2.75, 3.05) is 13.2 Å². The Hall–Kier alpha value is -1.74. The number of aliphatic hydroxyl groups is 2. The summed E-state index contributed by atoms with van der Waals surface area (Å²) in [6, 6.07) is 1.21. The van der Waals surface area contributed by atoms with Gasteiger partial charge in [0.05, 0.1) is 6.61 Å². The minimum absolute atomic E-state index is 0.385. The zero-order valence-corrected chi connectivity index (χ0v) is 21.4.